The molecule has 1 aromatic heterocycles. The quantitative estimate of drug-likeness (QED) is 0.429. The molecular formula is C23H28Cl2N2OS. The van der Waals surface area contributed by atoms with Crippen molar-refractivity contribution in [2.24, 2.45) is 5.92 Å². The van der Waals surface area contributed by atoms with E-state index in [1.807, 2.05) is 11.3 Å². The molecule has 1 aliphatic carbocycles. The van der Waals surface area contributed by atoms with Crippen molar-refractivity contribution >= 4 is 36.2 Å². The van der Waals surface area contributed by atoms with E-state index in [1.165, 1.54) is 58.2 Å². The van der Waals surface area contributed by atoms with Crippen molar-refractivity contribution < 1.29 is 5.48 Å². The second kappa shape index (κ2) is 10.6. The first-order chi connectivity index (χ1) is 12.8. The Balaban J connectivity index is 0.000001000. The third-order valence-electron chi connectivity index (χ3n) is 5.68. The van der Waals surface area contributed by atoms with Gasteiger partial charge in [-0.3, -0.25) is 4.90 Å². The van der Waals surface area contributed by atoms with Gasteiger partial charge in [0.1, 0.15) is 0 Å². The standard InChI is InChI=1S/C23H24N2S.2ClH.H2O/c1-2-7-17(8-3-1)15-25-12-6-9-18(16-25)13-22-24-23-20-11-5-4-10-19(20)14-21(23)26-22;;;/h1-5,7-8,10-11,18H,6,9,12-16H2;2*1H;1H2. The highest BCUT2D eigenvalue weighted by Gasteiger charge is 2.25. The van der Waals surface area contributed by atoms with E-state index in [-0.39, 0.29) is 30.3 Å². The average molecular weight is 451 g/mol. The second-order valence-electron chi connectivity index (χ2n) is 7.65. The zero-order valence-corrected chi connectivity index (χ0v) is 18.8. The van der Waals surface area contributed by atoms with Crippen molar-refractivity contribution in [3.63, 3.8) is 0 Å². The van der Waals surface area contributed by atoms with Crippen LogP contribution in [0.25, 0.3) is 11.3 Å². The molecule has 2 aromatic carbocycles. The summed E-state index contributed by atoms with van der Waals surface area (Å²) in [6.45, 7) is 3.52. The third-order valence-corrected chi connectivity index (χ3v) is 6.76. The van der Waals surface area contributed by atoms with E-state index in [4.69, 9.17) is 4.98 Å². The molecule has 1 atom stereocenters. The Hall–Kier alpha value is -1.43. The van der Waals surface area contributed by atoms with Crippen molar-refractivity contribution in [3.05, 3.63) is 75.6 Å². The van der Waals surface area contributed by atoms with Gasteiger partial charge in [0.25, 0.3) is 0 Å². The molecule has 3 nitrogen and oxygen atoms in total. The van der Waals surface area contributed by atoms with E-state index in [9.17, 15) is 0 Å². The first-order valence-corrected chi connectivity index (χ1v) is 10.5. The van der Waals surface area contributed by atoms with Crippen LogP contribution in [0.1, 0.15) is 33.9 Å². The first-order valence-electron chi connectivity index (χ1n) is 9.68. The van der Waals surface area contributed by atoms with Crippen LogP contribution in [0.15, 0.2) is 54.6 Å². The second-order valence-corrected chi connectivity index (χ2v) is 8.81. The summed E-state index contributed by atoms with van der Waals surface area (Å²) in [5.41, 5.74) is 5.49. The zero-order valence-electron chi connectivity index (χ0n) is 16.3. The van der Waals surface area contributed by atoms with Gasteiger partial charge in [-0.25, -0.2) is 4.98 Å². The van der Waals surface area contributed by atoms with Gasteiger partial charge in [-0.15, -0.1) is 36.2 Å². The Morgan fingerprint density at radius 1 is 1.00 bits per heavy atom. The SMILES string of the molecule is Cl.Cl.O.c1ccc(CN2CCCC(Cc3nc4c(s3)Cc3ccccc3-4)C2)cc1. The van der Waals surface area contributed by atoms with Crippen LogP contribution in [0.3, 0.4) is 0 Å². The monoisotopic (exact) mass is 450 g/mol. The van der Waals surface area contributed by atoms with Gasteiger partial charge in [0.2, 0.25) is 0 Å². The van der Waals surface area contributed by atoms with Gasteiger partial charge >= 0.3 is 0 Å². The number of fused-ring (bicyclic) bond motifs is 3. The number of halogens is 2. The number of hydrogen-bond donors (Lipinski definition) is 0. The lowest BCUT2D eigenvalue weighted by atomic mass is 9.94. The lowest BCUT2D eigenvalue weighted by Gasteiger charge is -2.32. The van der Waals surface area contributed by atoms with Crippen LogP contribution >= 0.6 is 36.2 Å². The Morgan fingerprint density at radius 2 is 1.76 bits per heavy atom. The van der Waals surface area contributed by atoms with Crippen LogP contribution in [0.2, 0.25) is 0 Å². The molecule has 1 saturated heterocycles. The number of hydrogen-bond acceptors (Lipinski definition) is 3. The number of piperidine rings is 1. The van der Waals surface area contributed by atoms with Crippen LogP contribution in [0, 0.1) is 5.92 Å². The summed E-state index contributed by atoms with van der Waals surface area (Å²) in [5, 5.41) is 1.34. The highest BCUT2D eigenvalue weighted by atomic mass is 35.5. The molecule has 0 amide bonds. The summed E-state index contributed by atoms with van der Waals surface area (Å²) in [6.07, 6.45) is 4.87. The number of nitrogens with zero attached hydrogens (tertiary/aromatic N) is 2. The Kier molecular flexibility index (Phi) is 8.68. The fourth-order valence-electron chi connectivity index (χ4n) is 4.45. The molecule has 1 fully saturated rings. The van der Waals surface area contributed by atoms with Crippen LogP contribution in [0.5, 0.6) is 0 Å². The minimum atomic E-state index is 0. The van der Waals surface area contributed by atoms with Crippen LogP contribution in [0.4, 0.5) is 0 Å². The van der Waals surface area contributed by atoms with Crippen molar-refractivity contribution in [2.75, 3.05) is 13.1 Å². The molecule has 2 heterocycles. The molecule has 29 heavy (non-hydrogen) atoms. The summed E-state index contributed by atoms with van der Waals surface area (Å²) in [6, 6.07) is 19.6. The minimum Gasteiger partial charge on any atom is -0.412 e. The first kappa shape index (κ1) is 23.8. The maximum Gasteiger partial charge on any atom is 0.0938 e. The Morgan fingerprint density at radius 3 is 2.59 bits per heavy atom. The largest absolute Gasteiger partial charge is 0.412 e. The summed E-state index contributed by atoms with van der Waals surface area (Å²) >= 11 is 1.95. The van der Waals surface area contributed by atoms with Gasteiger partial charge in [-0.05, 0) is 36.4 Å². The van der Waals surface area contributed by atoms with Gasteiger partial charge in [0.05, 0.1) is 10.7 Å². The normalized spacial score (nSPS) is 17.3. The van der Waals surface area contributed by atoms with Crippen molar-refractivity contribution in [1.82, 2.24) is 9.88 Å². The highest BCUT2D eigenvalue weighted by Crippen LogP contribution is 2.40. The van der Waals surface area contributed by atoms with E-state index >= 15 is 0 Å². The summed E-state index contributed by atoms with van der Waals surface area (Å²) in [4.78, 5) is 9.13. The predicted octanol–water partition coefficient (Wildman–Crippen LogP) is 5.19. The molecule has 0 bridgehead atoms. The molecule has 2 N–H and O–H groups in total. The lowest BCUT2D eigenvalue weighted by Crippen LogP contribution is -2.35. The molecule has 3 aromatic rings. The van der Waals surface area contributed by atoms with Crippen LogP contribution in [-0.4, -0.2) is 28.4 Å². The summed E-state index contributed by atoms with van der Waals surface area (Å²) in [5.74, 6) is 0.744. The highest BCUT2D eigenvalue weighted by molar-refractivity contribution is 7.12. The molecule has 0 radical (unpaired) electrons. The van der Waals surface area contributed by atoms with Crippen LogP contribution < -0.4 is 0 Å². The van der Waals surface area contributed by atoms with Gasteiger partial charge in [0.15, 0.2) is 0 Å². The van der Waals surface area contributed by atoms with Gasteiger partial charge in [0, 0.05) is 36.4 Å². The van der Waals surface area contributed by atoms with E-state index in [0.717, 1.165) is 25.3 Å². The van der Waals surface area contributed by atoms with Crippen molar-refractivity contribution in [1.29, 1.82) is 0 Å². The summed E-state index contributed by atoms with van der Waals surface area (Å²) < 4.78 is 0. The van der Waals surface area contributed by atoms with Crippen LogP contribution in [-0.2, 0) is 19.4 Å². The van der Waals surface area contributed by atoms with Crippen molar-refractivity contribution in [3.8, 4) is 11.3 Å². The lowest BCUT2D eigenvalue weighted by molar-refractivity contribution is 0.167. The molecule has 6 heteroatoms. The topological polar surface area (TPSA) is 47.6 Å². The maximum atomic E-state index is 5.04. The molecule has 1 unspecified atom stereocenters. The number of likely N-dealkylation sites (tertiary alicyclic amines) is 1. The molecule has 5 rings (SSSR count). The summed E-state index contributed by atoms with van der Waals surface area (Å²) in [7, 11) is 0. The smallest absolute Gasteiger partial charge is 0.0938 e. The number of thiazole rings is 1. The van der Waals surface area contributed by atoms with Gasteiger partial charge < -0.3 is 5.48 Å². The predicted molar refractivity (Wildman–Crippen MR) is 127 cm³/mol. The van der Waals surface area contributed by atoms with Gasteiger partial charge in [-0.1, -0.05) is 54.6 Å². The molecular weight excluding hydrogens is 423 g/mol. The van der Waals surface area contributed by atoms with Crippen molar-refractivity contribution in [2.45, 2.75) is 32.2 Å². The Labute approximate surface area is 189 Å². The minimum absolute atomic E-state index is 0. The van der Waals surface area contributed by atoms with E-state index in [0.29, 0.717) is 0 Å². The molecule has 156 valence electrons. The Bertz CT molecular complexity index is 916. The number of benzene rings is 2. The zero-order chi connectivity index (χ0) is 17.3. The van der Waals surface area contributed by atoms with Gasteiger partial charge in [-0.2, -0.15) is 0 Å². The molecule has 2 aliphatic rings. The molecule has 1 aliphatic heterocycles. The van der Waals surface area contributed by atoms with E-state index in [2.05, 4.69) is 59.5 Å². The van der Waals surface area contributed by atoms with E-state index in [1.54, 1.807) is 0 Å². The van der Waals surface area contributed by atoms with E-state index < -0.39 is 0 Å². The number of aromatic nitrogens is 1. The third kappa shape index (κ3) is 5.19. The molecule has 0 spiro atoms. The fourth-order valence-corrected chi connectivity index (χ4v) is 5.67. The maximum absolute atomic E-state index is 5.04. The fraction of sp³-hybridized carbons (Fsp3) is 0.348. The number of rotatable bonds is 4. The molecule has 0 saturated carbocycles. The average Bonchev–Trinajstić information content (AvgIpc) is 3.20.